The van der Waals surface area contributed by atoms with Gasteiger partial charge in [0.15, 0.2) is 0 Å². The second-order valence-electron chi connectivity index (χ2n) is 8.41. The van der Waals surface area contributed by atoms with Gasteiger partial charge in [0, 0.05) is 6.42 Å². The zero-order valence-corrected chi connectivity index (χ0v) is 19.1. The summed E-state index contributed by atoms with van der Waals surface area (Å²) in [6, 6.07) is 12.9. The molecule has 0 bridgehead atoms. The second kappa shape index (κ2) is 11.9. The molecular weight excluding hydrogens is 408 g/mol. The summed E-state index contributed by atoms with van der Waals surface area (Å²) in [7, 11) is 0. The summed E-state index contributed by atoms with van der Waals surface area (Å²) >= 11 is 0. The third kappa shape index (κ3) is 8.06. The molecule has 2 aromatic carbocycles. The van der Waals surface area contributed by atoms with E-state index in [1.807, 2.05) is 76.2 Å². The van der Waals surface area contributed by atoms with Crippen molar-refractivity contribution in [3.8, 4) is 0 Å². The van der Waals surface area contributed by atoms with Gasteiger partial charge in [0.2, 0.25) is 5.91 Å². The smallest absolute Gasteiger partial charge is 0.408 e. The molecule has 3 N–H and O–H groups in total. The van der Waals surface area contributed by atoms with Gasteiger partial charge in [0.25, 0.3) is 0 Å². The van der Waals surface area contributed by atoms with Crippen LogP contribution in [0.2, 0.25) is 0 Å². The summed E-state index contributed by atoms with van der Waals surface area (Å²) in [5, 5.41) is 14.8. The number of hydrogen-bond acceptors (Lipinski definition) is 4. The van der Waals surface area contributed by atoms with Crippen molar-refractivity contribution < 1.29 is 24.2 Å². The number of nitrogens with one attached hydrogen (secondary N) is 2. The Morgan fingerprint density at radius 1 is 0.906 bits per heavy atom. The minimum atomic E-state index is -1.13. The summed E-state index contributed by atoms with van der Waals surface area (Å²) in [5.41, 5.74) is 3.81. The normalized spacial score (nSPS) is 12.7. The highest BCUT2D eigenvalue weighted by molar-refractivity contribution is 5.89. The van der Waals surface area contributed by atoms with Crippen LogP contribution in [0.3, 0.4) is 0 Å². The van der Waals surface area contributed by atoms with E-state index in [2.05, 4.69) is 10.6 Å². The molecule has 0 unspecified atom stereocenters. The van der Waals surface area contributed by atoms with Gasteiger partial charge in [-0.25, -0.2) is 9.59 Å². The van der Waals surface area contributed by atoms with Crippen LogP contribution in [-0.4, -0.2) is 35.2 Å². The Kier molecular flexibility index (Phi) is 9.25. The van der Waals surface area contributed by atoms with E-state index in [4.69, 9.17) is 4.74 Å². The van der Waals surface area contributed by atoms with Gasteiger partial charge in [-0.05, 0) is 48.4 Å². The first kappa shape index (κ1) is 24.9. The SMILES string of the molecule is Cc1ccc(C[C@H](NC(=O)[C@H](CC(C)C)NC(=O)OCc2ccccc2)C(=O)O)cc1C. The Labute approximate surface area is 189 Å². The van der Waals surface area contributed by atoms with E-state index in [9.17, 15) is 19.5 Å². The van der Waals surface area contributed by atoms with Crippen molar-refractivity contribution in [3.05, 3.63) is 70.8 Å². The van der Waals surface area contributed by atoms with Crippen LogP contribution in [0.5, 0.6) is 0 Å². The number of carbonyl (C=O) groups excluding carboxylic acids is 2. The molecule has 0 aliphatic rings. The van der Waals surface area contributed by atoms with Crippen LogP contribution in [0.4, 0.5) is 4.79 Å². The number of rotatable bonds is 10. The van der Waals surface area contributed by atoms with Gasteiger partial charge >= 0.3 is 12.1 Å². The third-order valence-electron chi connectivity index (χ3n) is 5.15. The molecule has 2 aromatic rings. The van der Waals surface area contributed by atoms with Gasteiger partial charge < -0.3 is 20.5 Å². The van der Waals surface area contributed by atoms with E-state index in [1.165, 1.54) is 0 Å². The standard InChI is InChI=1S/C25H32N2O5/c1-16(2)12-21(27-25(31)32-15-19-8-6-5-7-9-19)23(28)26-22(24(29)30)14-20-11-10-17(3)18(4)13-20/h5-11,13,16,21-22H,12,14-15H2,1-4H3,(H,26,28)(H,27,31)(H,29,30)/t21-,22-/m0/s1. The molecule has 2 amide bonds. The van der Waals surface area contributed by atoms with Crippen molar-refractivity contribution in [1.82, 2.24) is 10.6 Å². The van der Waals surface area contributed by atoms with E-state index in [-0.39, 0.29) is 18.9 Å². The van der Waals surface area contributed by atoms with E-state index in [0.29, 0.717) is 6.42 Å². The predicted molar refractivity (Wildman–Crippen MR) is 122 cm³/mol. The summed E-state index contributed by atoms with van der Waals surface area (Å²) in [6.07, 6.45) is -0.229. The molecule has 0 aliphatic carbocycles. The van der Waals surface area contributed by atoms with Gasteiger partial charge in [0.1, 0.15) is 18.7 Å². The zero-order chi connectivity index (χ0) is 23.7. The molecule has 32 heavy (non-hydrogen) atoms. The average Bonchev–Trinajstić information content (AvgIpc) is 2.74. The van der Waals surface area contributed by atoms with Gasteiger partial charge in [-0.2, -0.15) is 0 Å². The molecule has 0 aliphatic heterocycles. The van der Waals surface area contributed by atoms with E-state index in [0.717, 1.165) is 22.3 Å². The maximum Gasteiger partial charge on any atom is 0.408 e. The summed E-state index contributed by atoms with van der Waals surface area (Å²) < 4.78 is 5.22. The summed E-state index contributed by atoms with van der Waals surface area (Å²) in [4.78, 5) is 36.9. The van der Waals surface area contributed by atoms with E-state index < -0.39 is 30.1 Å². The number of ether oxygens (including phenoxy) is 1. The first-order valence-electron chi connectivity index (χ1n) is 10.7. The quantitative estimate of drug-likeness (QED) is 0.522. The first-order chi connectivity index (χ1) is 15.2. The van der Waals surface area contributed by atoms with Crippen molar-refractivity contribution >= 4 is 18.0 Å². The predicted octanol–water partition coefficient (Wildman–Crippen LogP) is 3.76. The Morgan fingerprint density at radius 2 is 1.59 bits per heavy atom. The first-order valence-corrected chi connectivity index (χ1v) is 10.7. The van der Waals surface area contributed by atoms with Crippen LogP contribution in [0.25, 0.3) is 0 Å². The molecule has 0 spiro atoms. The molecule has 7 heteroatoms. The van der Waals surface area contributed by atoms with E-state index >= 15 is 0 Å². The number of benzene rings is 2. The number of amides is 2. The number of aliphatic carboxylic acids is 1. The van der Waals surface area contributed by atoms with Crippen molar-refractivity contribution in [1.29, 1.82) is 0 Å². The second-order valence-corrected chi connectivity index (χ2v) is 8.41. The van der Waals surface area contributed by atoms with Gasteiger partial charge in [-0.15, -0.1) is 0 Å². The van der Waals surface area contributed by atoms with Gasteiger partial charge in [0.05, 0.1) is 0 Å². The molecule has 0 radical (unpaired) electrons. The average molecular weight is 441 g/mol. The fourth-order valence-corrected chi connectivity index (χ4v) is 3.25. The van der Waals surface area contributed by atoms with Crippen molar-refractivity contribution in [2.45, 2.75) is 59.2 Å². The highest BCUT2D eigenvalue weighted by Gasteiger charge is 2.28. The molecule has 2 rings (SSSR count). The minimum absolute atomic E-state index is 0.0766. The molecule has 172 valence electrons. The van der Waals surface area contributed by atoms with Crippen molar-refractivity contribution in [3.63, 3.8) is 0 Å². The van der Waals surface area contributed by atoms with Gasteiger partial charge in [-0.3, -0.25) is 4.79 Å². The minimum Gasteiger partial charge on any atom is -0.480 e. The number of aryl methyl sites for hydroxylation is 2. The monoisotopic (exact) mass is 440 g/mol. The lowest BCUT2D eigenvalue weighted by molar-refractivity contribution is -0.142. The van der Waals surface area contributed by atoms with Crippen LogP contribution in [-0.2, 0) is 27.4 Å². The molecule has 0 fully saturated rings. The largest absolute Gasteiger partial charge is 0.480 e. The van der Waals surface area contributed by atoms with Gasteiger partial charge in [-0.1, -0.05) is 62.4 Å². The molecular formula is C25H32N2O5. The van der Waals surface area contributed by atoms with Crippen LogP contribution in [0.1, 0.15) is 42.5 Å². The molecule has 0 saturated heterocycles. The van der Waals surface area contributed by atoms with Crippen molar-refractivity contribution in [2.75, 3.05) is 0 Å². The highest BCUT2D eigenvalue weighted by atomic mass is 16.5. The molecule has 0 aromatic heterocycles. The van der Waals surface area contributed by atoms with Crippen LogP contribution >= 0.6 is 0 Å². The number of carboxylic acid groups (broad SMARTS) is 1. The highest BCUT2D eigenvalue weighted by Crippen LogP contribution is 2.13. The summed E-state index contributed by atoms with van der Waals surface area (Å²) in [6.45, 7) is 7.85. The van der Waals surface area contributed by atoms with Crippen LogP contribution in [0.15, 0.2) is 48.5 Å². The molecule has 0 heterocycles. The number of alkyl carbamates (subject to hydrolysis) is 1. The molecule has 0 saturated carbocycles. The molecule has 7 nitrogen and oxygen atoms in total. The third-order valence-corrected chi connectivity index (χ3v) is 5.15. The lowest BCUT2D eigenvalue weighted by atomic mass is 9.99. The summed E-state index contributed by atoms with van der Waals surface area (Å²) in [5.74, 6) is -1.58. The lowest BCUT2D eigenvalue weighted by Crippen LogP contribution is -2.52. The number of carbonyl (C=O) groups is 3. The fraction of sp³-hybridized carbons (Fsp3) is 0.400. The Bertz CT molecular complexity index is 927. The van der Waals surface area contributed by atoms with Crippen LogP contribution < -0.4 is 10.6 Å². The maximum atomic E-state index is 12.9. The topological polar surface area (TPSA) is 105 Å². The fourth-order valence-electron chi connectivity index (χ4n) is 3.25. The van der Waals surface area contributed by atoms with Crippen molar-refractivity contribution in [2.24, 2.45) is 5.92 Å². The maximum absolute atomic E-state index is 12.9. The van der Waals surface area contributed by atoms with E-state index in [1.54, 1.807) is 0 Å². The number of carboxylic acids is 1. The lowest BCUT2D eigenvalue weighted by Gasteiger charge is -2.23. The Hall–Kier alpha value is -3.35. The Morgan fingerprint density at radius 3 is 2.19 bits per heavy atom. The van der Waals surface area contributed by atoms with Crippen LogP contribution in [0, 0.1) is 19.8 Å². The molecule has 2 atom stereocenters. The zero-order valence-electron chi connectivity index (χ0n) is 19.1. The Balaban J connectivity index is 2.02. The number of hydrogen-bond donors (Lipinski definition) is 3.